The standard InChI is InChI=1S/C16H19N3O2/c17-10-13-5-3-7-19(13)15(20)9-12-8-11-4-1-2-6-14(11)18-16(12)21/h1-2,4,6,8,13H,3,5,7,9-10,17H2,(H,18,21). The minimum absolute atomic E-state index is 0.0104. The third-order valence-corrected chi connectivity index (χ3v) is 4.14. The predicted molar refractivity (Wildman–Crippen MR) is 82.1 cm³/mol. The number of aromatic nitrogens is 1. The number of benzene rings is 1. The van der Waals surface area contributed by atoms with Gasteiger partial charge in [0.1, 0.15) is 0 Å². The largest absolute Gasteiger partial charge is 0.338 e. The maximum Gasteiger partial charge on any atom is 0.252 e. The minimum Gasteiger partial charge on any atom is -0.338 e. The molecule has 0 spiro atoms. The summed E-state index contributed by atoms with van der Waals surface area (Å²) in [7, 11) is 0. The number of pyridine rings is 1. The summed E-state index contributed by atoms with van der Waals surface area (Å²) in [5.41, 5.74) is 6.82. The van der Waals surface area contributed by atoms with Crippen molar-refractivity contribution in [2.75, 3.05) is 13.1 Å². The van der Waals surface area contributed by atoms with Crippen LogP contribution in [0.3, 0.4) is 0 Å². The summed E-state index contributed by atoms with van der Waals surface area (Å²) in [6.07, 6.45) is 2.08. The number of nitrogens with one attached hydrogen (secondary N) is 1. The van der Waals surface area contributed by atoms with Crippen LogP contribution in [0.4, 0.5) is 0 Å². The van der Waals surface area contributed by atoms with Gasteiger partial charge < -0.3 is 15.6 Å². The highest BCUT2D eigenvalue weighted by Crippen LogP contribution is 2.18. The lowest BCUT2D eigenvalue weighted by Crippen LogP contribution is -2.41. The first-order chi connectivity index (χ1) is 10.2. The van der Waals surface area contributed by atoms with Crippen molar-refractivity contribution in [2.24, 2.45) is 5.73 Å². The van der Waals surface area contributed by atoms with Crippen molar-refractivity contribution in [1.82, 2.24) is 9.88 Å². The molecule has 1 aromatic heterocycles. The highest BCUT2D eigenvalue weighted by molar-refractivity contribution is 5.83. The van der Waals surface area contributed by atoms with E-state index < -0.39 is 0 Å². The molecule has 1 saturated heterocycles. The SMILES string of the molecule is NCC1CCCN1C(=O)Cc1cc2ccccc2[nH]c1=O. The van der Waals surface area contributed by atoms with Gasteiger partial charge in [-0.05, 0) is 30.4 Å². The Labute approximate surface area is 122 Å². The number of H-pyrrole nitrogens is 1. The molecule has 3 N–H and O–H groups in total. The molecule has 1 aliphatic heterocycles. The van der Waals surface area contributed by atoms with Crippen molar-refractivity contribution in [3.05, 3.63) is 46.2 Å². The van der Waals surface area contributed by atoms with E-state index in [1.54, 1.807) is 6.07 Å². The van der Waals surface area contributed by atoms with E-state index in [1.165, 1.54) is 0 Å². The molecule has 1 aliphatic rings. The van der Waals surface area contributed by atoms with Crippen LogP contribution in [0.25, 0.3) is 10.9 Å². The Morgan fingerprint density at radius 3 is 3.00 bits per heavy atom. The number of nitrogens with two attached hydrogens (primary N) is 1. The van der Waals surface area contributed by atoms with E-state index in [0.29, 0.717) is 12.1 Å². The molecule has 21 heavy (non-hydrogen) atoms. The van der Waals surface area contributed by atoms with Crippen molar-refractivity contribution in [2.45, 2.75) is 25.3 Å². The number of likely N-dealkylation sites (tertiary alicyclic amines) is 1. The third-order valence-electron chi connectivity index (χ3n) is 4.14. The number of amides is 1. The summed E-state index contributed by atoms with van der Waals surface area (Å²) in [4.78, 5) is 29.1. The van der Waals surface area contributed by atoms with Crippen LogP contribution < -0.4 is 11.3 Å². The molecular weight excluding hydrogens is 266 g/mol. The zero-order valence-corrected chi connectivity index (χ0v) is 11.8. The number of hydrogen-bond acceptors (Lipinski definition) is 3. The number of carbonyl (C=O) groups excluding carboxylic acids is 1. The van der Waals surface area contributed by atoms with E-state index in [2.05, 4.69) is 4.98 Å². The summed E-state index contributed by atoms with van der Waals surface area (Å²) in [5, 5.41) is 0.941. The number of carbonyl (C=O) groups is 1. The first kappa shape index (κ1) is 13.8. The fourth-order valence-electron chi connectivity index (χ4n) is 3.00. The lowest BCUT2D eigenvalue weighted by Gasteiger charge is -2.23. The normalized spacial score (nSPS) is 18.3. The van der Waals surface area contributed by atoms with Crippen LogP contribution in [0.15, 0.2) is 35.1 Å². The second-order valence-corrected chi connectivity index (χ2v) is 5.51. The molecule has 110 valence electrons. The van der Waals surface area contributed by atoms with E-state index >= 15 is 0 Å². The highest BCUT2D eigenvalue weighted by Gasteiger charge is 2.27. The van der Waals surface area contributed by atoms with Crippen LogP contribution in [0, 0.1) is 0 Å². The molecule has 1 amide bonds. The van der Waals surface area contributed by atoms with Gasteiger partial charge in [-0.2, -0.15) is 0 Å². The zero-order valence-electron chi connectivity index (χ0n) is 11.8. The van der Waals surface area contributed by atoms with Gasteiger partial charge in [-0.15, -0.1) is 0 Å². The van der Waals surface area contributed by atoms with Crippen molar-refractivity contribution in [1.29, 1.82) is 0 Å². The maximum absolute atomic E-state index is 12.4. The molecule has 2 heterocycles. The third kappa shape index (κ3) is 2.69. The van der Waals surface area contributed by atoms with Crippen LogP contribution in [0.1, 0.15) is 18.4 Å². The zero-order chi connectivity index (χ0) is 14.8. The Kier molecular flexibility index (Phi) is 3.75. The number of aromatic amines is 1. The fraction of sp³-hybridized carbons (Fsp3) is 0.375. The van der Waals surface area contributed by atoms with Crippen molar-refractivity contribution in [3.8, 4) is 0 Å². The number of fused-ring (bicyclic) bond motifs is 1. The van der Waals surface area contributed by atoms with E-state index in [9.17, 15) is 9.59 Å². The van der Waals surface area contributed by atoms with Crippen LogP contribution >= 0.6 is 0 Å². The smallest absolute Gasteiger partial charge is 0.252 e. The summed E-state index contributed by atoms with van der Waals surface area (Å²) in [5.74, 6) is -0.0104. The van der Waals surface area contributed by atoms with Crippen molar-refractivity contribution < 1.29 is 4.79 Å². The Morgan fingerprint density at radius 2 is 2.19 bits per heavy atom. The van der Waals surface area contributed by atoms with Crippen molar-refractivity contribution >= 4 is 16.8 Å². The number of para-hydroxylation sites is 1. The van der Waals surface area contributed by atoms with Gasteiger partial charge in [0, 0.05) is 30.2 Å². The average molecular weight is 285 g/mol. The second-order valence-electron chi connectivity index (χ2n) is 5.51. The first-order valence-electron chi connectivity index (χ1n) is 7.29. The van der Waals surface area contributed by atoms with Crippen LogP contribution in [0.2, 0.25) is 0 Å². The van der Waals surface area contributed by atoms with Gasteiger partial charge in [0.25, 0.3) is 5.56 Å². The van der Waals surface area contributed by atoms with E-state index in [1.807, 2.05) is 29.2 Å². The van der Waals surface area contributed by atoms with Gasteiger partial charge in [-0.1, -0.05) is 18.2 Å². The average Bonchev–Trinajstić information content (AvgIpc) is 2.96. The van der Waals surface area contributed by atoms with Gasteiger partial charge in [0.05, 0.1) is 6.42 Å². The first-order valence-corrected chi connectivity index (χ1v) is 7.29. The predicted octanol–water partition coefficient (Wildman–Crippen LogP) is 1.02. The van der Waals surface area contributed by atoms with Gasteiger partial charge in [0.15, 0.2) is 0 Å². The van der Waals surface area contributed by atoms with Crippen molar-refractivity contribution in [3.63, 3.8) is 0 Å². The van der Waals surface area contributed by atoms with Gasteiger partial charge >= 0.3 is 0 Å². The molecule has 5 heteroatoms. The Morgan fingerprint density at radius 1 is 1.38 bits per heavy atom. The quantitative estimate of drug-likeness (QED) is 0.883. The maximum atomic E-state index is 12.4. The monoisotopic (exact) mass is 285 g/mol. The molecule has 2 aromatic rings. The Balaban J connectivity index is 1.86. The summed E-state index contributed by atoms with van der Waals surface area (Å²) in [6.45, 7) is 1.23. The molecule has 0 aliphatic carbocycles. The lowest BCUT2D eigenvalue weighted by molar-refractivity contribution is -0.131. The van der Waals surface area contributed by atoms with Crippen LogP contribution in [-0.4, -0.2) is 34.9 Å². The van der Waals surface area contributed by atoms with E-state index in [4.69, 9.17) is 5.73 Å². The highest BCUT2D eigenvalue weighted by atomic mass is 16.2. The number of hydrogen-bond donors (Lipinski definition) is 2. The van der Waals surface area contributed by atoms with E-state index in [-0.39, 0.29) is 23.9 Å². The summed E-state index contributed by atoms with van der Waals surface area (Å²) < 4.78 is 0. The number of nitrogens with zero attached hydrogens (tertiary/aromatic N) is 1. The topological polar surface area (TPSA) is 79.2 Å². The Bertz CT molecular complexity index is 723. The van der Waals surface area contributed by atoms with Gasteiger partial charge in [-0.3, -0.25) is 9.59 Å². The molecule has 5 nitrogen and oxygen atoms in total. The van der Waals surface area contributed by atoms with Gasteiger partial charge in [0.2, 0.25) is 5.91 Å². The van der Waals surface area contributed by atoms with E-state index in [0.717, 1.165) is 30.3 Å². The summed E-state index contributed by atoms with van der Waals surface area (Å²) >= 11 is 0. The molecule has 3 rings (SSSR count). The fourth-order valence-corrected chi connectivity index (χ4v) is 3.00. The molecule has 0 bridgehead atoms. The number of rotatable bonds is 3. The lowest BCUT2D eigenvalue weighted by atomic mass is 10.1. The van der Waals surface area contributed by atoms with Gasteiger partial charge in [-0.25, -0.2) is 0 Å². The molecule has 0 radical (unpaired) electrons. The second kappa shape index (κ2) is 5.69. The van der Waals surface area contributed by atoms with Crippen LogP contribution in [-0.2, 0) is 11.2 Å². The van der Waals surface area contributed by atoms with Crippen LogP contribution in [0.5, 0.6) is 0 Å². The minimum atomic E-state index is -0.189. The molecular formula is C16H19N3O2. The Hall–Kier alpha value is -2.14. The molecule has 0 saturated carbocycles. The summed E-state index contributed by atoms with van der Waals surface area (Å²) in [6, 6.07) is 9.50. The molecule has 1 unspecified atom stereocenters. The molecule has 1 fully saturated rings. The molecule has 1 aromatic carbocycles. The molecule has 1 atom stereocenters.